The van der Waals surface area contributed by atoms with Crippen molar-refractivity contribution in [3.63, 3.8) is 0 Å². The van der Waals surface area contributed by atoms with Crippen LogP contribution in [0.1, 0.15) is 49.8 Å². The zero-order valence-electron chi connectivity index (χ0n) is 19.3. The summed E-state index contributed by atoms with van der Waals surface area (Å²) in [5, 5.41) is 11.2. The summed E-state index contributed by atoms with van der Waals surface area (Å²) in [6.07, 6.45) is 11.0. The molecule has 1 aromatic heterocycles. The lowest BCUT2D eigenvalue weighted by molar-refractivity contribution is 0.387. The predicted molar refractivity (Wildman–Crippen MR) is 140 cm³/mol. The van der Waals surface area contributed by atoms with Gasteiger partial charge in [0.05, 0.1) is 11.4 Å². The SMILES string of the molecule is CSc1ccccc1NC(=S)NC1CCC(Nc2nc3c(c(N(C)C)n2)CCCC3)CC1. The summed E-state index contributed by atoms with van der Waals surface area (Å²) >= 11 is 7.31. The third kappa shape index (κ3) is 5.64. The van der Waals surface area contributed by atoms with Crippen molar-refractivity contribution in [1.82, 2.24) is 15.3 Å². The summed E-state index contributed by atoms with van der Waals surface area (Å²) in [6, 6.07) is 9.07. The highest BCUT2D eigenvalue weighted by molar-refractivity contribution is 7.98. The topological polar surface area (TPSA) is 65.1 Å². The average Bonchev–Trinajstić information content (AvgIpc) is 2.80. The number of thioether (sulfide) groups is 1. The van der Waals surface area contributed by atoms with E-state index >= 15 is 0 Å². The third-order valence-electron chi connectivity index (χ3n) is 6.34. The Balaban J connectivity index is 1.30. The van der Waals surface area contributed by atoms with E-state index in [1.54, 1.807) is 11.8 Å². The molecule has 1 saturated carbocycles. The van der Waals surface area contributed by atoms with E-state index in [4.69, 9.17) is 22.2 Å². The van der Waals surface area contributed by atoms with Crippen LogP contribution < -0.4 is 20.9 Å². The number of aromatic nitrogens is 2. The highest BCUT2D eigenvalue weighted by atomic mass is 32.2. The van der Waals surface area contributed by atoms with Gasteiger partial charge in [0, 0.05) is 36.6 Å². The maximum absolute atomic E-state index is 5.58. The van der Waals surface area contributed by atoms with E-state index in [9.17, 15) is 0 Å². The molecule has 0 spiro atoms. The molecular formula is C24H34N6S2. The molecule has 0 atom stereocenters. The molecule has 172 valence electrons. The van der Waals surface area contributed by atoms with Crippen LogP contribution in [0.25, 0.3) is 0 Å². The highest BCUT2D eigenvalue weighted by Gasteiger charge is 2.24. The van der Waals surface area contributed by atoms with E-state index in [0.717, 1.165) is 56.0 Å². The summed E-state index contributed by atoms with van der Waals surface area (Å²) in [5.41, 5.74) is 3.63. The number of nitrogens with one attached hydrogen (secondary N) is 3. The number of anilines is 3. The fraction of sp³-hybridized carbons (Fsp3) is 0.542. The molecule has 32 heavy (non-hydrogen) atoms. The normalized spacial score (nSPS) is 20.2. The Kier molecular flexibility index (Phi) is 7.73. The summed E-state index contributed by atoms with van der Waals surface area (Å²) in [6.45, 7) is 0. The first-order valence-electron chi connectivity index (χ1n) is 11.6. The van der Waals surface area contributed by atoms with E-state index in [0.29, 0.717) is 17.2 Å². The maximum atomic E-state index is 5.58. The molecule has 0 radical (unpaired) electrons. The molecule has 1 aromatic carbocycles. The van der Waals surface area contributed by atoms with Gasteiger partial charge in [-0.1, -0.05) is 12.1 Å². The van der Waals surface area contributed by atoms with Crippen molar-refractivity contribution in [2.75, 3.05) is 35.9 Å². The molecule has 8 heteroatoms. The Morgan fingerprint density at radius 3 is 2.50 bits per heavy atom. The molecule has 0 amide bonds. The van der Waals surface area contributed by atoms with Gasteiger partial charge in [-0.3, -0.25) is 0 Å². The zero-order chi connectivity index (χ0) is 22.5. The summed E-state index contributed by atoms with van der Waals surface area (Å²) < 4.78 is 0. The Hall–Kier alpha value is -2.06. The van der Waals surface area contributed by atoms with Crippen molar-refractivity contribution < 1.29 is 0 Å². The first-order valence-corrected chi connectivity index (χ1v) is 13.2. The molecule has 4 rings (SSSR count). The van der Waals surface area contributed by atoms with Crippen molar-refractivity contribution in [2.24, 2.45) is 0 Å². The van der Waals surface area contributed by atoms with Crippen molar-refractivity contribution >= 4 is 46.5 Å². The van der Waals surface area contributed by atoms with Crippen LogP contribution >= 0.6 is 24.0 Å². The van der Waals surface area contributed by atoms with Crippen LogP contribution in [0.15, 0.2) is 29.2 Å². The fourth-order valence-corrected chi connectivity index (χ4v) is 5.50. The molecule has 3 N–H and O–H groups in total. The highest BCUT2D eigenvalue weighted by Crippen LogP contribution is 2.29. The van der Waals surface area contributed by atoms with Crippen molar-refractivity contribution in [2.45, 2.75) is 68.3 Å². The van der Waals surface area contributed by atoms with Gasteiger partial charge in [0.25, 0.3) is 0 Å². The predicted octanol–water partition coefficient (Wildman–Crippen LogP) is 4.85. The number of hydrogen-bond acceptors (Lipinski definition) is 6. The van der Waals surface area contributed by atoms with Gasteiger partial charge in [-0.15, -0.1) is 11.8 Å². The van der Waals surface area contributed by atoms with Crippen LogP contribution in [0.3, 0.4) is 0 Å². The van der Waals surface area contributed by atoms with Gasteiger partial charge in [-0.2, -0.15) is 4.98 Å². The van der Waals surface area contributed by atoms with Crippen molar-refractivity contribution in [1.29, 1.82) is 0 Å². The lowest BCUT2D eigenvalue weighted by Gasteiger charge is -2.31. The third-order valence-corrected chi connectivity index (χ3v) is 7.35. The molecule has 0 saturated heterocycles. The lowest BCUT2D eigenvalue weighted by Crippen LogP contribution is -2.42. The average molecular weight is 471 g/mol. The van der Waals surface area contributed by atoms with Gasteiger partial charge >= 0.3 is 0 Å². The molecule has 0 bridgehead atoms. The number of nitrogens with zero attached hydrogens (tertiary/aromatic N) is 3. The van der Waals surface area contributed by atoms with Gasteiger partial charge in [-0.25, -0.2) is 4.98 Å². The Morgan fingerprint density at radius 1 is 1.03 bits per heavy atom. The smallest absolute Gasteiger partial charge is 0.225 e. The number of thiocarbonyl (C=S) groups is 1. The molecule has 1 heterocycles. The second-order valence-corrected chi connectivity index (χ2v) is 10.1. The van der Waals surface area contributed by atoms with Crippen LogP contribution in [0.2, 0.25) is 0 Å². The van der Waals surface area contributed by atoms with E-state index in [2.05, 4.69) is 59.4 Å². The van der Waals surface area contributed by atoms with E-state index in [1.165, 1.54) is 29.0 Å². The number of rotatable bonds is 6. The van der Waals surface area contributed by atoms with Gasteiger partial charge in [0.1, 0.15) is 5.82 Å². The number of hydrogen-bond donors (Lipinski definition) is 3. The van der Waals surface area contributed by atoms with Crippen LogP contribution in [0.4, 0.5) is 17.5 Å². The molecular weight excluding hydrogens is 436 g/mol. The van der Waals surface area contributed by atoms with Gasteiger partial charge in [-0.05, 0) is 82.0 Å². The molecule has 2 aromatic rings. The van der Waals surface area contributed by atoms with E-state index in [1.807, 2.05) is 6.07 Å². The molecule has 2 aliphatic rings. The van der Waals surface area contributed by atoms with Crippen molar-refractivity contribution in [3.05, 3.63) is 35.5 Å². The molecule has 0 aliphatic heterocycles. The van der Waals surface area contributed by atoms with Gasteiger partial charge < -0.3 is 20.9 Å². The lowest BCUT2D eigenvalue weighted by atomic mass is 9.91. The van der Waals surface area contributed by atoms with E-state index in [-0.39, 0.29) is 0 Å². The molecule has 1 fully saturated rings. The second kappa shape index (κ2) is 10.7. The Morgan fingerprint density at radius 2 is 1.75 bits per heavy atom. The minimum atomic E-state index is 0.399. The Labute approximate surface area is 201 Å². The van der Waals surface area contributed by atoms with Crippen LogP contribution in [0, 0.1) is 0 Å². The van der Waals surface area contributed by atoms with Crippen LogP contribution in [-0.2, 0) is 12.8 Å². The second-order valence-electron chi connectivity index (χ2n) is 8.89. The molecule has 6 nitrogen and oxygen atoms in total. The minimum absolute atomic E-state index is 0.399. The largest absolute Gasteiger partial charge is 0.362 e. The molecule has 0 unspecified atom stereocenters. The van der Waals surface area contributed by atoms with Crippen LogP contribution in [-0.4, -0.2) is 47.5 Å². The number of aryl methyl sites for hydroxylation is 1. The van der Waals surface area contributed by atoms with E-state index < -0.39 is 0 Å². The fourth-order valence-electron chi connectivity index (χ4n) is 4.67. The summed E-state index contributed by atoms with van der Waals surface area (Å²) in [5.74, 6) is 1.87. The number of benzene rings is 1. The molecule has 2 aliphatic carbocycles. The zero-order valence-corrected chi connectivity index (χ0v) is 20.9. The first-order chi connectivity index (χ1) is 15.5. The number of fused-ring (bicyclic) bond motifs is 1. The van der Waals surface area contributed by atoms with Crippen molar-refractivity contribution in [3.8, 4) is 0 Å². The number of para-hydroxylation sites is 1. The standard InChI is InChI=1S/C24H34N6S2/c1-30(2)22-18-8-4-5-9-19(18)27-23(29-22)25-16-12-14-17(15-13-16)26-24(31)28-20-10-6-7-11-21(20)32-3/h6-7,10-11,16-17H,4-5,8-9,12-15H2,1-3H3,(H,25,27,29)(H2,26,28,31). The van der Waals surface area contributed by atoms with Gasteiger partial charge in [0.2, 0.25) is 5.95 Å². The summed E-state index contributed by atoms with van der Waals surface area (Å²) in [7, 11) is 4.15. The minimum Gasteiger partial charge on any atom is -0.362 e. The monoisotopic (exact) mass is 470 g/mol. The van der Waals surface area contributed by atoms with Gasteiger partial charge in [0.15, 0.2) is 5.11 Å². The van der Waals surface area contributed by atoms with Crippen LogP contribution in [0.5, 0.6) is 0 Å². The summed E-state index contributed by atoms with van der Waals surface area (Å²) in [4.78, 5) is 13.1. The first kappa shape index (κ1) is 23.1. The maximum Gasteiger partial charge on any atom is 0.225 e. The Bertz CT molecular complexity index is 940. The quantitative estimate of drug-likeness (QED) is 0.409.